The van der Waals surface area contributed by atoms with E-state index >= 15 is 0 Å². The molecule has 2 heterocycles. The van der Waals surface area contributed by atoms with E-state index in [1.807, 2.05) is 6.92 Å². The van der Waals surface area contributed by atoms with Gasteiger partial charge in [0.05, 0.1) is 24.7 Å². The predicted octanol–water partition coefficient (Wildman–Crippen LogP) is 3.07. The Hall–Kier alpha value is -0.110. The molecule has 2 saturated heterocycles. The summed E-state index contributed by atoms with van der Waals surface area (Å²) in [5.74, 6) is 0.0363. The lowest BCUT2D eigenvalue weighted by Crippen LogP contribution is -2.50. The van der Waals surface area contributed by atoms with Gasteiger partial charge in [-0.2, -0.15) is 0 Å². The van der Waals surface area contributed by atoms with Crippen LogP contribution in [0.3, 0.4) is 0 Å². The van der Waals surface area contributed by atoms with Gasteiger partial charge >= 0.3 is 5.97 Å². The highest BCUT2D eigenvalue weighted by Crippen LogP contribution is 2.30. The summed E-state index contributed by atoms with van der Waals surface area (Å²) in [4.78, 5) is 16.8. The number of nitrogens with zero attached hydrogens (tertiary/aromatic N) is 2. The minimum absolute atomic E-state index is 0. The quantitative estimate of drug-likeness (QED) is 0.582. The Kier molecular flexibility index (Phi) is 11.5. The largest absolute Gasteiger partial charge is 0.466 e. The number of hydrogen-bond donors (Lipinski definition) is 0. The Bertz CT molecular complexity index is 430. The van der Waals surface area contributed by atoms with Crippen molar-refractivity contribution in [2.24, 2.45) is 5.92 Å². The van der Waals surface area contributed by atoms with Gasteiger partial charge in [-0.05, 0) is 51.9 Å². The maximum absolute atomic E-state index is 11.9. The second-order valence-corrected chi connectivity index (χ2v) is 7.57. The standard InChI is InChI=1S/C19H34N2O4.2ClH/c1-3-24-18(22)15-6-8-16(9-7-15)25-19(20-11-4-5-12-20)21-13-10-17(14-21)23-2;;/h15-17,19H,3-14H2,1-2H3;2*1H/t15?,16?,17-,19?;;/m0../s1. The number of methoxy groups -OCH3 is 1. The molecule has 2 atom stereocenters. The summed E-state index contributed by atoms with van der Waals surface area (Å²) in [6.07, 6.45) is 7.93. The van der Waals surface area contributed by atoms with Crippen LogP contribution in [0.2, 0.25) is 0 Å². The van der Waals surface area contributed by atoms with Gasteiger partial charge in [0.1, 0.15) is 0 Å². The lowest BCUT2D eigenvalue weighted by atomic mass is 9.87. The van der Waals surface area contributed by atoms with Crippen LogP contribution in [0.5, 0.6) is 0 Å². The summed E-state index contributed by atoms with van der Waals surface area (Å²) in [7, 11) is 1.80. The summed E-state index contributed by atoms with van der Waals surface area (Å²) in [5, 5.41) is 0. The average Bonchev–Trinajstić information content (AvgIpc) is 3.32. The second kappa shape index (κ2) is 12.5. The zero-order chi connectivity index (χ0) is 17.6. The van der Waals surface area contributed by atoms with E-state index in [4.69, 9.17) is 14.2 Å². The molecule has 3 fully saturated rings. The first-order valence-corrected chi connectivity index (χ1v) is 10.0. The Morgan fingerprint density at radius 1 is 0.963 bits per heavy atom. The van der Waals surface area contributed by atoms with Crippen LogP contribution in [0, 0.1) is 5.92 Å². The molecule has 0 radical (unpaired) electrons. The van der Waals surface area contributed by atoms with Crippen molar-refractivity contribution in [1.29, 1.82) is 0 Å². The molecule has 8 heteroatoms. The van der Waals surface area contributed by atoms with Crippen LogP contribution in [0.25, 0.3) is 0 Å². The van der Waals surface area contributed by atoms with Gasteiger partial charge in [0, 0.05) is 33.3 Å². The van der Waals surface area contributed by atoms with Crippen LogP contribution >= 0.6 is 24.8 Å². The number of carbonyl (C=O) groups is 1. The van der Waals surface area contributed by atoms with Crippen molar-refractivity contribution in [2.75, 3.05) is 39.9 Å². The van der Waals surface area contributed by atoms with Gasteiger partial charge in [-0.1, -0.05) is 0 Å². The third kappa shape index (κ3) is 6.72. The second-order valence-electron chi connectivity index (χ2n) is 7.57. The van der Waals surface area contributed by atoms with E-state index in [9.17, 15) is 4.79 Å². The number of hydrogen-bond acceptors (Lipinski definition) is 6. The zero-order valence-corrected chi connectivity index (χ0v) is 18.3. The molecule has 0 bridgehead atoms. The maximum atomic E-state index is 11.9. The van der Waals surface area contributed by atoms with Gasteiger partial charge in [-0.15, -0.1) is 24.8 Å². The molecule has 1 aliphatic carbocycles. The van der Waals surface area contributed by atoms with E-state index in [1.165, 1.54) is 12.8 Å². The molecule has 6 nitrogen and oxygen atoms in total. The molecule has 0 spiro atoms. The zero-order valence-electron chi connectivity index (χ0n) is 16.6. The normalized spacial score (nSPS) is 30.4. The molecule has 0 amide bonds. The first-order valence-electron chi connectivity index (χ1n) is 10.0. The van der Waals surface area contributed by atoms with Crippen molar-refractivity contribution in [3.05, 3.63) is 0 Å². The number of likely N-dealkylation sites (tertiary alicyclic amines) is 2. The van der Waals surface area contributed by atoms with E-state index in [-0.39, 0.29) is 49.2 Å². The van der Waals surface area contributed by atoms with Gasteiger partial charge in [0.15, 0.2) is 6.35 Å². The Morgan fingerprint density at radius 2 is 1.63 bits per heavy atom. The Labute approximate surface area is 176 Å². The van der Waals surface area contributed by atoms with Gasteiger partial charge in [-0.3, -0.25) is 14.6 Å². The van der Waals surface area contributed by atoms with Gasteiger partial charge < -0.3 is 14.2 Å². The number of rotatable bonds is 7. The number of halogens is 2. The lowest BCUT2D eigenvalue weighted by molar-refractivity contribution is -0.181. The SMILES string of the molecule is CCOC(=O)C1CCC(OC(N2CCCC2)N2CC[C@H](OC)C2)CC1.Cl.Cl. The Balaban J connectivity index is 0.00000182. The lowest BCUT2D eigenvalue weighted by Gasteiger charge is -2.39. The minimum Gasteiger partial charge on any atom is -0.466 e. The van der Waals surface area contributed by atoms with E-state index < -0.39 is 0 Å². The monoisotopic (exact) mass is 426 g/mol. The van der Waals surface area contributed by atoms with Crippen molar-refractivity contribution in [3.63, 3.8) is 0 Å². The van der Waals surface area contributed by atoms with Crippen LogP contribution in [0.1, 0.15) is 51.9 Å². The first kappa shape index (κ1) is 24.9. The van der Waals surface area contributed by atoms with Gasteiger partial charge in [0.2, 0.25) is 0 Å². The molecular weight excluding hydrogens is 391 g/mol. The van der Waals surface area contributed by atoms with Gasteiger partial charge in [0.25, 0.3) is 0 Å². The van der Waals surface area contributed by atoms with Crippen molar-refractivity contribution >= 4 is 30.8 Å². The summed E-state index contributed by atoms with van der Waals surface area (Å²) in [6, 6.07) is 0. The van der Waals surface area contributed by atoms with Crippen LogP contribution < -0.4 is 0 Å². The van der Waals surface area contributed by atoms with Crippen molar-refractivity contribution < 1.29 is 19.0 Å². The highest BCUT2D eigenvalue weighted by Gasteiger charge is 2.36. The first-order chi connectivity index (χ1) is 12.2. The van der Waals surface area contributed by atoms with E-state index in [0.29, 0.717) is 12.7 Å². The molecule has 0 aromatic rings. The van der Waals surface area contributed by atoms with Crippen molar-refractivity contribution in [1.82, 2.24) is 9.80 Å². The van der Waals surface area contributed by atoms with Crippen LogP contribution in [0.4, 0.5) is 0 Å². The number of carbonyl (C=O) groups excluding carboxylic acids is 1. The van der Waals surface area contributed by atoms with E-state index in [0.717, 1.165) is 58.3 Å². The molecule has 0 aromatic carbocycles. The van der Waals surface area contributed by atoms with E-state index in [1.54, 1.807) is 7.11 Å². The van der Waals surface area contributed by atoms with Crippen LogP contribution in [0.15, 0.2) is 0 Å². The number of ether oxygens (including phenoxy) is 3. The van der Waals surface area contributed by atoms with Crippen LogP contribution in [-0.4, -0.2) is 74.2 Å². The van der Waals surface area contributed by atoms with Crippen LogP contribution in [-0.2, 0) is 19.0 Å². The molecular formula is C19H36Cl2N2O4. The maximum Gasteiger partial charge on any atom is 0.308 e. The molecule has 0 N–H and O–H groups in total. The average molecular weight is 427 g/mol. The highest BCUT2D eigenvalue weighted by molar-refractivity contribution is 5.85. The number of esters is 1. The summed E-state index contributed by atoms with van der Waals surface area (Å²) in [6.45, 7) is 6.58. The molecule has 2 aliphatic heterocycles. The fourth-order valence-corrected chi connectivity index (χ4v) is 4.38. The smallest absolute Gasteiger partial charge is 0.308 e. The highest BCUT2D eigenvalue weighted by atomic mass is 35.5. The van der Waals surface area contributed by atoms with Crippen molar-refractivity contribution in [3.8, 4) is 0 Å². The summed E-state index contributed by atoms with van der Waals surface area (Å²) < 4.78 is 17.3. The topological polar surface area (TPSA) is 51.2 Å². The summed E-state index contributed by atoms with van der Waals surface area (Å²) >= 11 is 0. The van der Waals surface area contributed by atoms with E-state index in [2.05, 4.69) is 9.80 Å². The molecule has 1 unspecified atom stereocenters. The predicted molar refractivity (Wildman–Crippen MR) is 110 cm³/mol. The van der Waals surface area contributed by atoms with Gasteiger partial charge in [-0.25, -0.2) is 0 Å². The fourth-order valence-electron chi connectivity index (χ4n) is 4.38. The fraction of sp³-hybridized carbons (Fsp3) is 0.947. The third-order valence-corrected chi connectivity index (χ3v) is 5.88. The Morgan fingerprint density at radius 3 is 2.19 bits per heavy atom. The summed E-state index contributed by atoms with van der Waals surface area (Å²) in [5.41, 5.74) is 0. The molecule has 3 rings (SSSR count). The molecule has 3 aliphatic rings. The van der Waals surface area contributed by atoms with Crippen molar-refractivity contribution in [2.45, 2.75) is 70.4 Å². The molecule has 1 saturated carbocycles. The molecule has 160 valence electrons. The molecule has 27 heavy (non-hydrogen) atoms. The minimum atomic E-state index is -0.0282. The molecule has 0 aromatic heterocycles. The third-order valence-electron chi connectivity index (χ3n) is 5.88.